The van der Waals surface area contributed by atoms with E-state index in [9.17, 15) is 13.2 Å². The Morgan fingerprint density at radius 3 is 2.96 bits per heavy atom. The molecule has 0 saturated carbocycles. The summed E-state index contributed by atoms with van der Waals surface area (Å²) in [6.45, 7) is 0.518. The third kappa shape index (κ3) is 4.71. The molecule has 124 valence electrons. The Morgan fingerprint density at radius 1 is 1.48 bits per heavy atom. The number of sulfonamides is 1. The summed E-state index contributed by atoms with van der Waals surface area (Å²) in [6, 6.07) is 6.17. The van der Waals surface area contributed by atoms with Crippen molar-refractivity contribution in [3.8, 4) is 18.1 Å². The summed E-state index contributed by atoms with van der Waals surface area (Å²) in [7, 11) is -3.41. The van der Waals surface area contributed by atoms with Gasteiger partial charge in [-0.3, -0.25) is 4.79 Å². The number of hydrogen-bond acceptors (Lipinski definition) is 4. The van der Waals surface area contributed by atoms with E-state index in [1.807, 2.05) is 0 Å². The largest absolute Gasteiger partial charge is 0.481 e. The van der Waals surface area contributed by atoms with Crippen molar-refractivity contribution in [1.82, 2.24) is 4.31 Å². The van der Waals surface area contributed by atoms with Crippen LogP contribution < -0.4 is 10.1 Å². The molecule has 2 rings (SSSR count). The molecule has 0 spiro atoms. The summed E-state index contributed by atoms with van der Waals surface area (Å²) in [6.07, 6.45) is 8.39. The number of nitrogens with zero attached hydrogens (tertiary/aromatic N) is 1. The van der Waals surface area contributed by atoms with E-state index < -0.39 is 16.1 Å². The minimum Gasteiger partial charge on any atom is -0.481 e. The van der Waals surface area contributed by atoms with Crippen molar-refractivity contribution in [3.63, 3.8) is 0 Å². The first kappa shape index (κ1) is 17.3. The fourth-order valence-electron chi connectivity index (χ4n) is 2.58. The van der Waals surface area contributed by atoms with E-state index in [4.69, 9.17) is 11.2 Å². The Labute approximate surface area is 136 Å². The first-order valence-corrected chi connectivity index (χ1v) is 9.20. The Bertz CT molecular complexity index is 709. The van der Waals surface area contributed by atoms with Crippen LogP contribution in [0.2, 0.25) is 0 Å². The van der Waals surface area contributed by atoms with Crippen molar-refractivity contribution in [2.45, 2.75) is 25.3 Å². The number of ether oxygens (including phenoxy) is 1. The lowest BCUT2D eigenvalue weighted by Crippen LogP contribution is -2.49. The number of terminal acetylenes is 1. The summed E-state index contributed by atoms with van der Waals surface area (Å²) in [4.78, 5) is 12.5. The molecule has 23 heavy (non-hydrogen) atoms. The molecular formula is C16H20N2O4S. The molecule has 0 aromatic heterocycles. The average molecular weight is 336 g/mol. The molecule has 1 fully saturated rings. The highest BCUT2D eigenvalue weighted by Gasteiger charge is 2.34. The lowest BCUT2D eigenvalue weighted by atomic mass is 10.0. The number of carbonyl (C=O) groups is 1. The Morgan fingerprint density at radius 2 is 2.26 bits per heavy atom. The number of amides is 1. The van der Waals surface area contributed by atoms with E-state index in [-0.39, 0.29) is 12.5 Å². The molecule has 7 heteroatoms. The van der Waals surface area contributed by atoms with Gasteiger partial charge in [-0.2, -0.15) is 4.31 Å². The molecule has 1 saturated heterocycles. The van der Waals surface area contributed by atoms with Crippen LogP contribution in [-0.2, 0) is 14.8 Å². The summed E-state index contributed by atoms with van der Waals surface area (Å²) in [5.74, 6) is 2.58. The molecule has 0 bridgehead atoms. The maximum atomic E-state index is 12.5. The number of carbonyl (C=O) groups excluding carboxylic acids is 1. The van der Waals surface area contributed by atoms with Gasteiger partial charge >= 0.3 is 0 Å². The van der Waals surface area contributed by atoms with E-state index in [0.29, 0.717) is 24.4 Å². The quantitative estimate of drug-likeness (QED) is 0.826. The van der Waals surface area contributed by atoms with Crippen molar-refractivity contribution in [2.24, 2.45) is 0 Å². The molecule has 1 N–H and O–H groups in total. The summed E-state index contributed by atoms with van der Waals surface area (Å²) < 4.78 is 30.2. The highest BCUT2D eigenvalue weighted by atomic mass is 32.2. The van der Waals surface area contributed by atoms with Gasteiger partial charge in [0.2, 0.25) is 15.9 Å². The maximum Gasteiger partial charge on any atom is 0.242 e. The molecular weight excluding hydrogens is 316 g/mol. The second-order valence-corrected chi connectivity index (χ2v) is 7.33. The van der Waals surface area contributed by atoms with E-state index >= 15 is 0 Å². The Kier molecular flexibility index (Phi) is 5.64. The standard InChI is InChI=1S/C16H20N2O4S/c1-3-11-22-14-8-6-7-13(12-14)17-16(19)15-9-4-5-10-18(15)23(2,20)21/h1,6-8,12,15H,4-5,9-11H2,2H3,(H,17,19)/t15-/m0/s1. The van der Waals surface area contributed by atoms with Crippen LogP contribution in [0.3, 0.4) is 0 Å². The van der Waals surface area contributed by atoms with Crippen LogP contribution in [-0.4, -0.2) is 44.1 Å². The van der Waals surface area contributed by atoms with Crippen LogP contribution in [0.4, 0.5) is 5.69 Å². The molecule has 0 aliphatic carbocycles. The number of nitrogens with one attached hydrogen (secondary N) is 1. The number of piperidine rings is 1. The van der Waals surface area contributed by atoms with E-state index in [1.165, 1.54) is 4.31 Å². The van der Waals surface area contributed by atoms with Crippen LogP contribution in [0, 0.1) is 12.3 Å². The molecule has 1 aliphatic rings. The van der Waals surface area contributed by atoms with Crippen LogP contribution in [0.25, 0.3) is 0 Å². The van der Waals surface area contributed by atoms with E-state index in [1.54, 1.807) is 24.3 Å². The summed E-state index contributed by atoms with van der Waals surface area (Å²) >= 11 is 0. The predicted molar refractivity (Wildman–Crippen MR) is 88.6 cm³/mol. The molecule has 1 amide bonds. The average Bonchev–Trinajstić information content (AvgIpc) is 2.52. The Balaban J connectivity index is 2.10. The number of anilines is 1. The summed E-state index contributed by atoms with van der Waals surface area (Å²) in [5.41, 5.74) is 0.545. The predicted octanol–water partition coefficient (Wildman–Crippen LogP) is 1.45. The zero-order chi connectivity index (χ0) is 16.9. The van der Waals surface area contributed by atoms with Gasteiger partial charge in [0.05, 0.1) is 6.26 Å². The zero-order valence-corrected chi connectivity index (χ0v) is 13.8. The van der Waals surface area contributed by atoms with Gasteiger partial charge in [-0.15, -0.1) is 6.42 Å². The smallest absolute Gasteiger partial charge is 0.242 e. The highest BCUT2D eigenvalue weighted by molar-refractivity contribution is 7.88. The second-order valence-electron chi connectivity index (χ2n) is 5.40. The van der Waals surface area contributed by atoms with Crippen molar-refractivity contribution in [2.75, 3.05) is 24.7 Å². The topological polar surface area (TPSA) is 75.7 Å². The molecule has 6 nitrogen and oxygen atoms in total. The molecule has 1 atom stereocenters. The monoisotopic (exact) mass is 336 g/mol. The van der Waals surface area contributed by atoms with Crippen molar-refractivity contribution < 1.29 is 17.9 Å². The molecule has 1 aromatic carbocycles. The van der Waals surface area contributed by atoms with Crippen LogP contribution in [0.5, 0.6) is 5.75 Å². The van der Waals surface area contributed by atoms with Crippen molar-refractivity contribution in [1.29, 1.82) is 0 Å². The van der Waals surface area contributed by atoms with Crippen LogP contribution in [0.1, 0.15) is 19.3 Å². The van der Waals surface area contributed by atoms with Crippen LogP contribution in [0.15, 0.2) is 24.3 Å². The lowest BCUT2D eigenvalue weighted by molar-refractivity contribution is -0.120. The van der Waals surface area contributed by atoms with Gasteiger partial charge in [0.25, 0.3) is 0 Å². The van der Waals surface area contributed by atoms with Crippen LogP contribution >= 0.6 is 0 Å². The van der Waals surface area contributed by atoms with Gasteiger partial charge in [-0.25, -0.2) is 8.42 Å². The molecule has 1 aromatic rings. The number of hydrogen-bond donors (Lipinski definition) is 1. The fourth-order valence-corrected chi connectivity index (χ4v) is 3.70. The number of rotatable bonds is 5. The summed E-state index contributed by atoms with van der Waals surface area (Å²) in [5, 5.41) is 2.75. The van der Waals surface area contributed by atoms with Gasteiger partial charge in [-0.05, 0) is 25.0 Å². The first-order chi connectivity index (χ1) is 10.9. The molecule has 1 heterocycles. The zero-order valence-electron chi connectivity index (χ0n) is 13.0. The van der Waals surface area contributed by atoms with Gasteiger partial charge in [0, 0.05) is 18.3 Å². The van der Waals surface area contributed by atoms with E-state index in [2.05, 4.69) is 11.2 Å². The molecule has 0 unspecified atom stereocenters. The first-order valence-electron chi connectivity index (χ1n) is 7.36. The number of benzene rings is 1. The third-order valence-corrected chi connectivity index (χ3v) is 4.90. The van der Waals surface area contributed by atoms with Gasteiger partial charge in [0.15, 0.2) is 0 Å². The molecule has 1 aliphatic heterocycles. The normalized spacial score (nSPS) is 18.9. The van der Waals surface area contributed by atoms with Gasteiger partial charge in [-0.1, -0.05) is 18.4 Å². The van der Waals surface area contributed by atoms with Crippen molar-refractivity contribution in [3.05, 3.63) is 24.3 Å². The van der Waals surface area contributed by atoms with Gasteiger partial charge in [0.1, 0.15) is 18.4 Å². The van der Waals surface area contributed by atoms with Gasteiger partial charge < -0.3 is 10.1 Å². The minimum atomic E-state index is -3.41. The third-order valence-electron chi connectivity index (χ3n) is 3.61. The fraction of sp³-hybridized carbons (Fsp3) is 0.438. The lowest BCUT2D eigenvalue weighted by Gasteiger charge is -2.32. The van der Waals surface area contributed by atoms with E-state index in [0.717, 1.165) is 19.1 Å². The van der Waals surface area contributed by atoms with Crippen molar-refractivity contribution >= 4 is 21.6 Å². The Hall–Kier alpha value is -2.04. The SMILES string of the molecule is C#CCOc1cccc(NC(=O)[C@@H]2CCCCN2S(C)(=O)=O)c1. The highest BCUT2D eigenvalue weighted by Crippen LogP contribution is 2.23. The second kappa shape index (κ2) is 7.49. The maximum absolute atomic E-state index is 12.5. The minimum absolute atomic E-state index is 0.141. The molecule has 0 radical (unpaired) electrons.